The van der Waals surface area contributed by atoms with E-state index in [9.17, 15) is 4.79 Å². The number of aryl methyl sites for hydroxylation is 1. The molecular formula is C23H26N3O3+. The summed E-state index contributed by atoms with van der Waals surface area (Å²) in [5, 5.41) is 7.16. The first-order valence-corrected chi connectivity index (χ1v) is 10.0. The molecule has 1 aliphatic heterocycles. The van der Waals surface area contributed by atoms with Gasteiger partial charge in [-0.25, -0.2) is 0 Å². The van der Waals surface area contributed by atoms with E-state index in [2.05, 4.69) is 28.7 Å². The van der Waals surface area contributed by atoms with Crippen molar-refractivity contribution in [3.05, 3.63) is 77.0 Å². The molecule has 0 atom stereocenters. The van der Waals surface area contributed by atoms with Gasteiger partial charge in [-0.1, -0.05) is 59.8 Å². The van der Waals surface area contributed by atoms with Gasteiger partial charge >= 0.3 is 0 Å². The Hall–Kier alpha value is -2.96. The summed E-state index contributed by atoms with van der Waals surface area (Å²) in [6.45, 7) is 6.83. The number of hydrogen-bond acceptors (Lipinski definition) is 4. The Bertz CT molecular complexity index is 963. The van der Waals surface area contributed by atoms with E-state index in [1.165, 1.54) is 10.5 Å². The van der Waals surface area contributed by atoms with Crippen LogP contribution in [0.3, 0.4) is 0 Å². The number of carbonyl (C=O) groups is 1. The number of ether oxygens (including phenoxy) is 1. The van der Waals surface area contributed by atoms with E-state index in [0.717, 1.165) is 44.0 Å². The molecule has 0 saturated carbocycles. The topological polar surface area (TPSA) is 68.8 Å². The largest absolute Gasteiger partial charge is 0.370 e. The lowest BCUT2D eigenvalue weighted by Gasteiger charge is -2.24. The normalized spacial score (nSPS) is 14.7. The number of amides is 1. The van der Waals surface area contributed by atoms with Gasteiger partial charge < -0.3 is 19.5 Å². The van der Waals surface area contributed by atoms with Gasteiger partial charge in [-0.15, -0.1) is 0 Å². The molecule has 1 amide bonds. The highest BCUT2D eigenvalue weighted by molar-refractivity contribution is 6.00. The molecule has 4 rings (SSSR count). The number of nitrogens with zero attached hydrogens (tertiary/aromatic N) is 1. The molecule has 0 unspecified atom stereocenters. The van der Waals surface area contributed by atoms with Gasteiger partial charge in [0, 0.05) is 17.7 Å². The summed E-state index contributed by atoms with van der Waals surface area (Å²) in [6.07, 6.45) is 0. The molecule has 1 aliphatic rings. The lowest BCUT2D eigenvalue weighted by Crippen LogP contribution is -3.12. The van der Waals surface area contributed by atoms with Crippen molar-refractivity contribution >= 4 is 5.91 Å². The SMILES string of the molecule is Cc1onc(-c2ccccc2)c1C(=O)NCc1ccccc1C[NH+]1CCOCC1. The number of morpholine rings is 1. The van der Waals surface area contributed by atoms with E-state index in [4.69, 9.17) is 9.26 Å². The minimum Gasteiger partial charge on any atom is -0.370 e. The second kappa shape index (κ2) is 9.03. The van der Waals surface area contributed by atoms with Crippen LogP contribution in [0.25, 0.3) is 11.3 Å². The Labute approximate surface area is 170 Å². The van der Waals surface area contributed by atoms with Gasteiger partial charge in [0.15, 0.2) is 0 Å². The number of aromatic nitrogens is 1. The summed E-state index contributed by atoms with van der Waals surface area (Å²) < 4.78 is 10.8. The summed E-state index contributed by atoms with van der Waals surface area (Å²) in [7, 11) is 0. The van der Waals surface area contributed by atoms with E-state index in [0.29, 0.717) is 23.6 Å². The van der Waals surface area contributed by atoms with E-state index >= 15 is 0 Å². The Kier molecular flexibility index (Phi) is 6.03. The zero-order valence-electron chi connectivity index (χ0n) is 16.6. The summed E-state index contributed by atoms with van der Waals surface area (Å²) in [4.78, 5) is 14.5. The number of quaternary nitrogens is 1. The molecule has 2 aromatic carbocycles. The standard InChI is InChI=1S/C23H25N3O3/c1-17-21(22(25-29-17)18-7-3-2-4-8-18)23(27)24-15-19-9-5-6-10-20(19)16-26-11-13-28-14-12-26/h2-10H,11-16H2,1H3,(H,24,27)/p+1. The molecular weight excluding hydrogens is 366 g/mol. The highest BCUT2D eigenvalue weighted by Crippen LogP contribution is 2.25. The third kappa shape index (κ3) is 4.55. The lowest BCUT2D eigenvalue weighted by molar-refractivity contribution is -0.921. The third-order valence-corrected chi connectivity index (χ3v) is 5.34. The molecule has 2 N–H and O–H groups in total. The molecule has 1 fully saturated rings. The van der Waals surface area contributed by atoms with Gasteiger partial charge in [0.1, 0.15) is 36.7 Å². The van der Waals surface area contributed by atoms with Gasteiger partial charge in [-0.2, -0.15) is 0 Å². The molecule has 1 aromatic heterocycles. The Balaban J connectivity index is 1.48. The van der Waals surface area contributed by atoms with Crippen molar-refractivity contribution in [2.24, 2.45) is 0 Å². The smallest absolute Gasteiger partial charge is 0.257 e. The molecule has 0 bridgehead atoms. The number of benzene rings is 2. The molecule has 1 saturated heterocycles. The van der Waals surface area contributed by atoms with Crippen LogP contribution in [0.15, 0.2) is 59.1 Å². The van der Waals surface area contributed by atoms with Crippen molar-refractivity contribution < 1.29 is 19.0 Å². The number of rotatable bonds is 6. The zero-order valence-corrected chi connectivity index (χ0v) is 16.6. The predicted octanol–water partition coefficient (Wildman–Crippen LogP) is 2.00. The maximum Gasteiger partial charge on any atom is 0.257 e. The second-order valence-electron chi connectivity index (χ2n) is 7.32. The highest BCUT2D eigenvalue weighted by Gasteiger charge is 2.22. The molecule has 3 aromatic rings. The van der Waals surface area contributed by atoms with Crippen molar-refractivity contribution in [3.63, 3.8) is 0 Å². The molecule has 6 nitrogen and oxygen atoms in total. The van der Waals surface area contributed by atoms with Crippen molar-refractivity contribution in [1.29, 1.82) is 0 Å². The minimum absolute atomic E-state index is 0.170. The molecule has 0 aliphatic carbocycles. The summed E-state index contributed by atoms with van der Waals surface area (Å²) in [6, 6.07) is 17.9. The first-order chi connectivity index (χ1) is 14.2. The fourth-order valence-corrected chi connectivity index (χ4v) is 3.71. The monoisotopic (exact) mass is 392 g/mol. The van der Waals surface area contributed by atoms with Crippen LogP contribution in [0.1, 0.15) is 27.2 Å². The number of hydrogen-bond donors (Lipinski definition) is 2. The fourth-order valence-electron chi connectivity index (χ4n) is 3.71. The minimum atomic E-state index is -0.170. The predicted molar refractivity (Wildman–Crippen MR) is 110 cm³/mol. The van der Waals surface area contributed by atoms with Crippen LogP contribution < -0.4 is 10.2 Å². The van der Waals surface area contributed by atoms with Crippen LogP contribution in [-0.2, 0) is 17.8 Å². The first kappa shape index (κ1) is 19.4. The van der Waals surface area contributed by atoms with E-state index in [1.807, 2.05) is 36.4 Å². The first-order valence-electron chi connectivity index (χ1n) is 10.0. The van der Waals surface area contributed by atoms with E-state index < -0.39 is 0 Å². The molecule has 0 spiro atoms. The average molecular weight is 392 g/mol. The summed E-state index contributed by atoms with van der Waals surface area (Å²) >= 11 is 0. The Morgan fingerprint density at radius 3 is 2.48 bits per heavy atom. The molecule has 29 heavy (non-hydrogen) atoms. The molecule has 2 heterocycles. The molecule has 0 radical (unpaired) electrons. The maximum absolute atomic E-state index is 13.0. The van der Waals surface area contributed by atoms with Crippen molar-refractivity contribution in [3.8, 4) is 11.3 Å². The van der Waals surface area contributed by atoms with Crippen LogP contribution in [0, 0.1) is 6.92 Å². The van der Waals surface area contributed by atoms with Crippen LogP contribution >= 0.6 is 0 Å². The molecule has 6 heteroatoms. The number of carbonyl (C=O) groups excluding carboxylic acids is 1. The van der Waals surface area contributed by atoms with Gasteiger partial charge in [0.2, 0.25) is 0 Å². The van der Waals surface area contributed by atoms with Gasteiger partial charge in [-0.3, -0.25) is 4.79 Å². The van der Waals surface area contributed by atoms with Crippen LogP contribution in [0.2, 0.25) is 0 Å². The van der Waals surface area contributed by atoms with Gasteiger partial charge in [0.05, 0.1) is 13.2 Å². The highest BCUT2D eigenvalue weighted by atomic mass is 16.5. The van der Waals surface area contributed by atoms with Crippen LogP contribution in [0.4, 0.5) is 0 Å². The van der Waals surface area contributed by atoms with Crippen molar-refractivity contribution in [2.75, 3.05) is 26.3 Å². The summed E-state index contributed by atoms with van der Waals surface area (Å²) in [5.74, 6) is 0.350. The lowest BCUT2D eigenvalue weighted by atomic mass is 10.0. The van der Waals surface area contributed by atoms with Crippen molar-refractivity contribution in [2.45, 2.75) is 20.0 Å². The van der Waals surface area contributed by atoms with E-state index in [1.54, 1.807) is 6.92 Å². The van der Waals surface area contributed by atoms with Crippen LogP contribution in [-0.4, -0.2) is 37.4 Å². The van der Waals surface area contributed by atoms with Gasteiger partial charge in [-0.05, 0) is 12.5 Å². The average Bonchev–Trinajstić information content (AvgIpc) is 3.16. The van der Waals surface area contributed by atoms with E-state index in [-0.39, 0.29) is 5.91 Å². The second-order valence-corrected chi connectivity index (χ2v) is 7.32. The molecule has 150 valence electrons. The Morgan fingerprint density at radius 2 is 1.72 bits per heavy atom. The third-order valence-electron chi connectivity index (χ3n) is 5.34. The van der Waals surface area contributed by atoms with Crippen molar-refractivity contribution in [1.82, 2.24) is 10.5 Å². The quantitative estimate of drug-likeness (QED) is 0.673. The zero-order chi connectivity index (χ0) is 20.1. The fraction of sp³-hybridized carbons (Fsp3) is 0.304. The Morgan fingerprint density at radius 1 is 1.03 bits per heavy atom. The summed E-state index contributed by atoms with van der Waals surface area (Å²) in [5.41, 5.74) is 4.33. The number of nitrogens with one attached hydrogen (secondary N) is 2. The maximum atomic E-state index is 13.0. The van der Waals surface area contributed by atoms with Gasteiger partial charge in [0.25, 0.3) is 5.91 Å². The van der Waals surface area contributed by atoms with Crippen LogP contribution in [0.5, 0.6) is 0 Å².